The molecule has 26 heavy (non-hydrogen) atoms. The van der Waals surface area contributed by atoms with Crippen molar-refractivity contribution >= 4 is 22.2 Å². The molecule has 0 unspecified atom stereocenters. The van der Waals surface area contributed by atoms with E-state index in [1.54, 1.807) is 0 Å². The van der Waals surface area contributed by atoms with Crippen LogP contribution in [0.5, 0.6) is 5.75 Å². The number of benzene rings is 1. The lowest BCUT2D eigenvalue weighted by molar-refractivity contribution is -0.123. The number of aryl methyl sites for hydroxylation is 1. The number of nitrogens with one attached hydrogen (secondary N) is 1. The molecule has 0 saturated heterocycles. The Bertz CT molecular complexity index is 915. The molecule has 0 aliphatic carbocycles. The lowest BCUT2D eigenvalue weighted by Gasteiger charge is -2.14. The quantitative estimate of drug-likeness (QED) is 0.433. The highest BCUT2D eigenvalue weighted by molar-refractivity contribution is 7.85. The summed E-state index contributed by atoms with van der Waals surface area (Å²) < 4.78 is 41.0. The molecule has 0 fully saturated rings. The first kappa shape index (κ1) is 19.7. The molecule has 9 heteroatoms. The van der Waals surface area contributed by atoms with Crippen LogP contribution in [0.1, 0.15) is 36.7 Å². The topological polar surface area (TPSA) is 118 Å². The summed E-state index contributed by atoms with van der Waals surface area (Å²) in [6, 6.07) is 8.18. The summed E-state index contributed by atoms with van der Waals surface area (Å²) in [4.78, 5) is 11.8. The van der Waals surface area contributed by atoms with Gasteiger partial charge in [0.05, 0.1) is 6.21 Å². The summed E-state index contributed by atoms with van der Waals surface area (Å²) in [5.41, 5.74) is 4.27. The first-order valence-electron chi connectivity index (χ1n) is 7.79. The molecule has 1 aromatic heterocycles. The van der Waals surface area contributed by atoms with E-state index in [4.69, 9.17) is 13.7 Å². The molecule has 2 aromatic rings. The summed E-state index contributed by atoms with van der Waals surface area (Å²) in [5, 5.41) is 3.05. The fraction of sp³-hybridized carbons (Fsp3) is 0.294. The Hall–Kier alpha value is -2.65. The van der Waals surface area contributed by atoms with E-state index in [9.17, 15) is 13.2 Å². The molecule has 1 heterocycles. The predicted molar refractivity (Wildman–Crippen MR) is 95.0 cm³/mol. The Morgan fingerprint density at radius 3 is 2.69 bits per heavy atom. The van der Waals surface area contributed by atoms with E-state index in [0.717, 1.165) is 23.4 Å². The van der Waals surface area contributed by atoms with Gasteiger partial charge in [-0.15, -0.1) is 0 Å². The maximum absolute atomic E-state index is 11.8. The SMILES string of the molecule is Cc1ccc(C(C)C)c(OCC(=O)N/N=C/c2ccc(S(=O)(=O)O)o2)c1. The van der Waals surface area contributed by atoms with Crippen molar-refractivity contribution in [3.63, 3.8) is 0 Å². The molecule has 0 saturated carbocycles. The third kappa shape index (κ3) is 5.43. The zero-order valence-electron chi connectivity index (χ0n) is 14.6. The summed E-state index contributed by atoms with van der Waals surface area (Å²) in [7, 11) is -4.41. The minimum atomic E-state index is -4.41. The molecule has 0 aliphatic heterocycles. The van der Waals surface area contributed by atoms with Gasteiger partial charge in [0, 0.05) is 0 Å². The first-order valence-corrected chi connectivity index (χ1v) is 9.23. The third-order valence-electron chi connectivity index (χ3n) is 3.39. The smallest absolute Gasteiger partial charge is 0.328 e. The van der Waals surface area contributed by atoms with E-state index in [1.807, 2.05) is 39.0 Å². The number of ether oxygens (including phenoxy) is 1. The third-order valence-corrected chi connectivity index (χ3v) is 4.12. The van der Waals surface area contributed by atoms with Gasteiger partial charge in [0.15, 0.2) is 6.61 Å². The number of carbonyl (C=O) groups is 1. The van der Waals surface area contributed by atoms with Crippen LogP contribution in [0.25, 0.3) is 0 Å². The molecule has 0 bridgehead atoms. The van der Waals surface area contributed by atoms with Crippen LogP contribution in [0.2, 0.25) is 0 Å². The second kappa shape index (κ2) is 8.15. The van der Waals surface area contributed by atoms with Crippen LogP contribution in [-0.4, -0.2) is 31.7 Å². The molecule has 140 valence electrons. The van der Waals surface area contributed by atoms with Gasteiger partial charge in [-0.05, 0) is 42.2 Å². The van der Waals surface area contributed by atoms with Crippen LogP contribution in [0.3, 0.4) is 0 Å². The average molecular weight is 380 g/mol. The Morgan fingerprint density at radius 2 is 2.08 bits per heavy atom. The molecule has 0 radical (unpaired) electrons. The van der Waals surface area contributed by atoms with Crippen molar-refractivity contribution in [1.82, 2.24) is 5.43 Å². The van der Waals surface area contributed by atoms with Gasteiger partial charge in [0.1, 0.15) is 11.5 Å². The highest BCUT2D eigenvalue weighted by atomic mass is 32.2. The minimum absolute atomic E-state index is 0.0552. The van der Waals surface area contributed by atoms with Crippen LogP contribution in [-0.2, 0) is 14.9 Å². The van der Waals surface area contributed by atoms with Gasteiger partial charge in [0.2, 0.25) is 5.09 Å². The normalized spacial score (nSPS) is 11.9. The lowest BCUT2D eigenvalue weighted by atomic mass is 10.0. The lowest BCUT2D eigenvalue weighted by Crippen LogP contribution is -2.24. The minimum Gasteiger partial charge on any atom is -0.483 e. The Balaban J connectivity index is 1.92. The van der Waals surface area contributed by atoms with E-state index in [0.29, 0.717) is 5.75 Å². The van der Waals surface area contributed by atoms with Gasteiger partial charge in [-0.1, -0.05) is 26.0 Å². The molecule has 0 atom stereocenters. The predicted octanol–water partition coefficient (Wildman–Crippen LogP) is 2.49. The van der Waals surface area contributed by atoms with Crippen LogP contribution >= 0.6 is 0 Å². The van der Waals surface area contributed by atoms with Crippen molar-refractivity contribution in [1.29, 1.82) is 0 Å². The van der Waals surface area contributed by atoms with Crippen molar-refractivity contribution in [2.45, 2.75) is 31.8 Å². The molecular formula is C17H20N2O6S. The molecule has 0 aliphatic rings. The van der Waals surface area contributed by atoms with Crippen molar-refractivity contribution in [3.05, 3.63) is 47.2 Å². The number of hydrazone groups is 1. The number of amides is 1. The van der Waals surface area contributed by atoms with Gasteiger partial charge in [-0.2, -0.15) is 13.5 Å². The Labute approximate surface area is 151 Å². The maximum atomic E-state index is 11.8. The standard InChI is InChI=1S/C17H20N2O6S/c1-11(2)14-6-4-12(3)8-15(14)24-10-16(20)19-18-9-13-5-7-17(25-13)26(21,22)23/h4-9,11H,10H2,1-3H3,(H,19,20)(H,21,22,23)/b18-9+. The van der Waals surface area contributed by atoms with Gasteiger partial charge in [-0.25, -0.2) is 5.43 Å². The largest absolute Gasteiger partial charge is 0.483 e. The number of carbonyl (C=O) groups excluding carboxylic acids is 1. The van der Waals surface area contributed by atoms with Crippen molar-refractivity contribution in [2.24, 2.45) is 5.10 Å². The van der Waals surface area contributed by atoms with Gasteiger partial charge < -0.3 is 9.15 Å². The number of hydrogen-bond acceptors (Lipinski definition) is 6. The summed E-state index contributed by atoms with van der Waals surface area (Å²) in [6.45, 7) is 5.78. The second-order valence-electron chi connectivity index (χ2n) is 5.91. The van der Waals surface area contributed by atoms with Crippen molar-refractivity contribution in [3.8, 4) is 5.75 Å². The van der Waals surface area contributed by atoms with E-state index in [-0.39, 0.29) is 18.3 Å². The van der Waals surface area contributed by atoms with E-state index >= 15 is 0 Å². The fourth-order valence-electron chi connectivity index (χ4n) is 2.13. The van der Waals surface area contributed by atoms with Crippen LogP contribution < -0.4 is 10.2 Å². The van der Waals surface area contributed by atoms with Crippen LogP contribution in [0.15, 0.2) is 44.9 Å². The highest BCUT2D eigenvalue weighted by Crippen LogP contribution is 2.27. The summed E-state index contributed by atoms with van der Waals surface area (Å²) in [5.74, 6) is 0.462. The van der Waals surface area contributed by atoms with Gasteiger partial charge in [0.25, 0.3) is 5.91 Å². The van der Waals surface area contributed by atoms with E-state index < -0.39 is 21.1 Å². The zero-order valence-corrected chi connectivity index (χ0v) is 15.4. The number of hydrogen-bond donors (Lipinski definition) is 2. The molecule has 1 amide bonds. The number of rotatable bonds is 7. The van der Waals surface area contributed by atoms with Crippen LogP contribution in [0, 0.1) is 6.92 Å². The zero-order chi connectivity index (χ0) is 19.3. The van der Waals surface area contributed by atoms with Gasteiger partial charge >= 0.3 is 10.1 Å². The molecule has 2 N–H and O–H groups in total. The number of furan rings is 1. The van der Waals surface area contributed by atoms with Gasteiger partial charge in [-0.3, -0.25) is 9.35 Å². The summed E-state index contributed by atoms with van der Waals surface area (Å²) >= 11 is 0. The highest BCUT2D eigenvalue weighted by Gasteiger charge is 2.14. The summed E-state index contributed by atoms with van der Waals surface area (Å²) in [6.07, 6.45) is 1.11. The fourth-order valence-corrected chi connectivity index (χ4v) is 2.57. The molecule has 0 spiro atoms. The number of nitrogens with zero attached hydrogens (tertiary/aromatic N) is 1. The molecular weight excluding hydrogens is 360 g/mol. The van der Waals surface area contributed by atoms with E-state index in [2.05, 4.69) is 10.5 Å². The average Bonchev–Trinajstić information content (AvgIpc) is 3.02. The first-order chi connectivity index (χ1) is 12.2. The maximum Gasteiger partial charge on any atom is 0.328 e. The van der Waals surface area contributed by atoms with Crippen LogP contribution in [0.4, 0.5) is 0 Å². The van der Waals surface area contributed by atoms with E-state index in [1.165, 1.54) is 6.07 Å². The second-order valence-corrected chi connectivity index (χ2v) is 7.26. The molecule has 1 aromatic carbocycles. The molecule has 8 nitrogen and oxygen atoms in total. The molecule has 2 rings (SSSR count). The van der Waals surface area contributed by atoms with Crippen molar-refractivity contribution in [2.75, 3.05) is 6.61 Å². The Kier molecular flexibility index (Phi) is 6.17. The monoisotopic (exact) mass is 380 g/mol. The van der Waals surface area contributed by atoms with Crippen molar-refractivity contribution < 1.29 is 26.9 Å². The Morgan fingerprint density at radius 1 is 1.35 bits per heavy atom.